The topological polar surface area (TPSA) is 99.4 Å². The van der Waals surface area contributed by atoms with Crippen LogP contribution in [0.25, 0.3) is 32.9 Å². The number of carbonyl (C=O) groups is 2. The van der Waals surface area contributed by atoms with E-state index in [1.807, 2.05) is 54.6 Å². The molecule has 6 nitrogen and oxygen atoms in total. The Morgan fingerprint density at radius 2 is 1.91 bits per heavy atom. The van der Waals surface area contributed by atoms with Gasteiger partial charge < -0.3 is 20.7 Å². The van der Waals surface area contributed by atoms with Gasteiger partial charge >= 0.3 is 0 Å². The predicted octanol–water partition coefficient (Wildman–Crippen LogP) is 4.39. The average Bonchev–Trinajstić information content (AvgIpc) is 3.17. The van der Waals surface area contributed by atoms with Crippen molar-refractivity contribution in [1.82, 2.24) is 4.98 Å². The number of aromatic amines is 1. The SMILES string of the molecule is C=CC(=O)N(C)c1cccc(-c2ccc(CC(N)=O)c3[nH]c4cc(C(C)(C)O)ccc4c23)c1. The Labute approximate surface area is 192 Å². The number of rotatable bonds is 6. The van der Waals surface area contributed by atoms with Crippen molar-refractivity contribution in [2.45, 2.75) is 25.9 Å². The third-order valence-corrected chi connectivity index (χ3v) is 5.96. The van der Waals surface area contributed by atoms with Crippen LogP contribution in [0.1, 0.15) is 25.0 Å². The van der Waals surface area contributed by atoms with E-state index >= 15 is 0 Å². The second kappa shape index (κ2) is 8.22. The van der Waals surface area contributed by atoms with Crippen LogP contribution in [0.15, 0.2) is 67.3 Å². The molecule has 3 aromatic carbocycles. The molecule has 1 aromatic heterocycles. The summed E-state index contributed by atoms with van der Waals surface area (Å²) in [6.07, 6.45) is 1.39. The molecule has 4 N–H and O–H groups in total. The standard InChI is InChI=1S/C27H27N3O3/c1-5-24(32)30(4)19-8-6-7-16(13-19)20-11-9-17(14-23(28)31)26-25(20)21-12-10-18(27(2,3)33)15-22(21)29-26/h5-13,15,29,33H,1,14H2,2-4H3,(H2,28,31). The van der Waals surface area contributed by atoms with Gasteiger partial charge in [-0.25, -0.2) is 0 Å². The Bertz CT molecular complexity index is 1410. The Kier molecular flexibility index (Phi) is 5.56. The molecule has 0 aliphatic carbocycles. The highest BCUT2D eigenvalue weighted by molar-refractivity contribution is 6.16. The number of benzene rings is 3. The molecule has 4 aromatic rings. The van der Waals surface area contributed by atoms with Crippen molar-refractivity contribution in [1.29, 1.82) is 0 Å². The molecule has 6 heteroatoms. The molecule has 33 heavy (non-hydrogen) atoms. The van der Waals surface area contributed by atoms with E-state index in [1.54, 1.807) is 25.8 Å². The third kappa shape index (κ3) is 4.13. The van der Waals surface area contributed by atoms with Crippen LogP contribution >= 0.6 is 0 Å². The highest BCUT2D eigenvalue weighted by Crippen LogP contribution is 2.38. The molecule has 0 spiro atoms. The number of aliphatic hydroxyl groups is 1. The summed E-state index contributed by atoms with van der Waals surface area (Å²) in [5, 5.41) is 12.4. The molecule has 0 atom stereocenters. The second-order valence-corrected chi connectivity index (χ2v) is 8.76. The molecule has 0 saturated carbocycles. The number of hydrogen-bond donors (Lipinski definition) is 3. The first-order valence-electron chi connectivity index (χ1n) is 10.7. The van der Waals surface area contributed by atoms with Gasteiger partial charge in [-0.1, -0.05) is 43.0 Å². The first kappa shape index (κ1) is 22.3. The molecule has 1 heterocycles. The van der Waals surface area contributed by atoms with Gasteiger partial charge in [0, 0.05) is 29.0 Å². The zero-order valence-corrected chi connectivity index (χ0v) is 19.0. The number of hydrogen-bond acceptors (Lipinski definition) is 3. The summed E-state index contributed by atoms with van der Waals surface area (Å²) in [6.45, 7) is 7.05. The normalized spacial score (nSPS) is 11.6. The number of anilines is 1. The molecular formula is C27H27N3O3. The Morgan fingerprint density at radius 3 is 2.58 bits per heavy atom. The third-order valence-electron chi connectivity index (χ3n) is 5.96. The van der Waals surface area contributed by atoms with E-state index in [0.29, 0.717) is 0 Å². The highest BCUT2D eigenvalue weighted by Gasteiger charge is 2.20. The lowest BCUT2D eigenvalue weighted by atomic mass is 9.94. The first-order chi connectivity index (χ1) is 15.6. The van der Waals surface area contributed by atoms with Gasteiger partial charge in [-0.3, -0.25) is 9.59 Å². The number of carbonyl (C=O) groups excluding carboxylic acids is 2. The summed E-state index contributed by atoms with van der Waals surface area (Å²) in [7, 11) is 1.71. The van der Waals surface area contributed by atoms with Crippen molar-refractivity contribution in [3.8, 4) is 11.1 Å². The number of nitrogens with zero attached hydrogens (tertiary/aromatic N) is 1. The number of aromatic nitrogens is 1. The molecule has 0 bridgehead atoms. The monoisotopic (exact) mass is 441 g/mol. The number of nitrogens with two attached hydrogens (primary N) is 1. The fourth-order valence-electron chi connectivity index (χ4n) is 4.17. The maximum absolute atomic E-state index is 12.1. The second-order valence-electron chi connectivity index (χ2n) is 8.76. The van der Waals surface area contributed by atoms with Gasteiger partial charge in [-0.05, 0) is 60.4 Å². The van der Waals surface area contributed by atoms with Crippen molar-refractivity contribution in [3.05, 3.63) is 78.4 Å². The molecule has 4 rings (SSSR count). The average molecular weight is 442 g/mol. The van der Waals surface area contributed by atoms with Crippen molar-refractivity contribution < 1.29 is 14.7 Å². The largest absolute Gasteiger partial charge is 0.386 e. The number of nitrogens with one attached hydrogen (secondary N) is 1. The van der Waals surface area contributed by atoms with E-state index in [9.17, 15) is 14.7 Å². The van der Waals surface area contributed by atoms with Gasteiger partial charge in [0.15, 0.2) is 0 Å². The number of amides is 2. The summed E-state index contributed by atoms with van der Waals surface area (Å²) in [5.74, 6) is -0.605. The van der Waals surface area contributed by atoms with Crippen molar-refractivity contribution >= 4 is 39.3 Å². The smallest absolute Gasteiger partial charge is 0.250 e. The Balaban J connectivity index is 1.99. The summed E-state index contributed by atoms with van der Waals surface area (Å²) >= 11 is 0. The van der Waals surface area contributed by atoms with Crippen LogP contribution in [0.4, 0.5) is 5.69 Å². The van der Waals surface area contributed by atoms with Gasteiger partial charge in [0.05, 0.1) is 17.5 Å². The molecule has 168 valence electrons. The van der Waals surface area contributed by atoms with Crippen molar-refractivity contribution in [2.24, 2.45) is 5.73 Å². The van der Waals surface area contributed by atoms with E-state index in [2.05, 4.69) is 11.6 Å². The Hall–Kier alpha value is -3.90. The highest BCUT2D eigenvalue weighted by atomic mass is 16.3. The van der Waals surface area contributed by atoms with Gasteiger partial charge in [0.25, 0.3) is 0 Å². The lowest BCUT2D eigenvalue weighted by molar-refractivity contribution is -0.117. The summed E-state index contributed by atoms with van der Waals surface area (Å²) in [6, 6.07) is 17.4. The molecule has 0 unspecified atom stereocenters. The molecule has 0 fully saturated rings. The van der Waals surface area contributed by atoms with E-state index < -0.39 is 11.5 Å². The minimum absolute atomic E-state index is 0.110. The van der Waals surface area contributed by atoms with Crippen LogP contribution < -0.4 is 10.6 Å². The molecule has 2 amide bonds. The lowest BCUT2D eigenvalue weighted by Crippen LogP contribution is -2.23. The minimum Gasteiger partial charge on any atom is -0.386 e. The van der Waals surface area contributed by atoms with E-state index in [1.165, 1.54) is 6.08 Å². The minimum atomic E-state index is -0.985. The van der Waals surface area contributed by atoms with Gasteiger partial charge in [-0.15, -0.1) is 0 Å². The van der Waals surface area contributed by atoms with Crippen LogP contribution in [0.5, 0.6) is 0 Å². The van der Waals surface area contributed by atoms with Crippen LogP contribution in [0.3, 0.4) is 0 Å². The van der Waals surface area contributed by atoms with E-state index in [-0.39, 0.29) is 12.3 Å². The van der Waals surface area contributed by atoms with Gasteiger partial charge in [0.2, 0.25) is 11.8 Å². The van der Waals surface area contributed by atoms with Crippen LogP contribution in [-0.2, 0) is 21.6 Å². The van der Waals surface area contributed by atoms with Crippen LogP contribution in [0.2, 0.25) is 0 Å². The van der Waals surface area contributed by atoms with E-state index in [4.69, 9.17) is 5.73 Å². The predicted molar refractivity (Wildman–Crippen MR) is 133 cm³/mol. The number of likely N-dealkylation sites (N-methyl/N-ethyl adjacent to an activating group) is 1. The van der Waals surface area contributed by atoms with Gasteiger partial charge in [0.1, 0.15) is 0 Å². The maximum atomic E-state index is 12.1. The fourth-order valence-corrected chi connectivity index (χ4v) is 4.17. The maximum Gasteiger partial charge on any atom is 0.250 e. The van der Waals surface area contributed by atoms with Crippen LogP contribution in [0, 0.1) is 0 Å². The lowest BCUT2D eigenvalue weighted by Gasteiger charge is -2.17. The number of fused-ring (bicyclic) bond motifs is 3. The molecule has 0 aliphatic rings. The quantitative estimate of drug-likeness (QED) is 0.387. The Morgan fingerprint density at radius 1 is 1.15 bits per heavy atom. The number of primary amides is 1. The van der Waals surface area contributed by atoms with Crippen molar-refractivity contribution in [3.63, 3.8) is 0 Å². The molecular weight excluding hydrogens is 414 g/mol. The summed E-state index contributed by atoms with van der Waals surface area (Å²) < 4.78 is 0. The van der Waals surface area contributed by atoms with Crippen LogP contribution in [-0.4, -0.2) is 29.0 Å². The fraction of sp³-hybridized carbons (Fsp3) is 0.185. The zero-order valence-electron chi connectivity index (χ0n) is 19.0. The number of H-pyrrole nitrogens is 1. The molecule has 0 aliphatic heterocycles. The van der Waals surface area contributed by atoms with Gasteiger partial charge in [-0.2, -0.15) is 0 Å². The van der Waals surface area contributed by atoms with E-state index in [0.717, 1.165) is 49.7 Å². The van der Waals surface area contributed by atoms with Crippen molar-refractivity contribution in [2.75, 3.05) is 11.9 Å². The zero-order chi connectivity index (χ0) is 23.9. The molecule has 0 radical (unpaired) electrons. The summed E-state index contributed by atoms with van der Waals surface area (Å²) in [5.41, 5.74) is 10.4. The molecule has 0 saturated heterocycles. The summed E-state index contributed by atoms with van der Waals surface area (Å²) in [4.78, 5) is 28.8. The first-order valence-corrected chi connectivity index (χ1v) is 10.7.